The molecular formula is C15H15N3O3S2. The summed E-state index contributed by atoms with van der Waals surface area (Å²) in [7, 11) is 0. The highest BCUT2D eigenvalue weighted by atomic mass is 32.1. The summed E-state index contributed by atoms with van der Waals surface area (Å²) in [4.78, 5) is 22.4. The molecule has 0 fully saturated rings. The van der Waals surface area contributed by atoms with E-state index in [1.165, 1.54) is 11.3 Å². The largest absolute Gasteiger partial charge is 0.451 e. The van der Waals surface area contributed by atoms with Crippen molar-refractivity contribution < 1.29 is 14.1 Å². The van der Waals surface area contributed by atoms with E-state index in [1.807, 2.05) is 31.4 Å². The first kappa shape index (κ1) is 15.8. The summed E-state index contributed by atoms with van der Waals surface area (Å²) in [5.41, 5.74) is 0.664. The van der Waals surface area contributed by atoms with Crippen molar-refractivity contribution in [2.24, 2.45) is 0 Å². The Hall–Kier alpha value is -2.06. The van der Waals surface area contributed by atoms with E-state index in [-0.39, 0.29) is 12.5 Å². The first-order valence-corrected chi connectivity index (χ1v) is 8.75. The van der Waals surface area contributed by atoms with Crippen LogP contribution in [0.3, 0.4) is 0 Å². The number of thiophene rings is 1. The van der Waals surface area contributed by atoms with Gasteiger partial charge in [-0.15, -0.1) is 22.7 Å². The van der Waals surface area contributed by atoms with Crippen molar-refractivity contribution in [1.29, 1.82) is 0 Å². The zero-order valence-electron chi connectivity index (χ0n) is 12.9. The molecule has 0 atom stereocenters. The second-order valence-corrected chi connectivity index (χ2v) is 7.13. The standard InChI is InChI=1S/C15H15N3O3S2/c1-8(2)13-17-11(21-18-13)7-20-15(19)12-9(3)16-14(23-12)10-5-4-6-22-10/h4-6,8H,7H2,1-3H3. The van der Waals surface area contributed by atoms with Crippen LogP contribution in [0.15, 0.2) is 22.0 Å². The van der Waals surface area contributed by atoms with Gasteiger partial charge >= 0.3 is 5.97 Å². The van der Waals surface area contributed by atoms with Gasteiger partial charge in [0.2, 0.25) is 0 Å². The number of nitrogens with zero attached hydrogens (tertiary/aromatic N) is 3. The van der Waals surface area contributed by atoms with Gasteiger partial charge in [0.15, 0.2) is 12.4 Å². The van der Waals surface area contributed by atoms with E-state index in [0.29, 0.717) is 22.3 Å². The summed E-state index contributed by atoms with van der Waals surface area (Å²) in [6.45, 7) is 5.69. The van der Waals surface area contributed by atoms with Crippen molar-refractivity contribution in [2.75, 3.05) is 0 Å². The minimum atomic E-state index is -0.424. The summed E-state index contributed by atoms with van der Waals surface area (Å²) in [6, 6.07) is 3.93. The fraction of sp³-hybridized carbons (Fsp3) is 0.333. The predicted octanol–water partition coefficient (Wildman–Crippen LogP) is 4.04. The summed E-state index contributed by atoms with van der Waals surface area (Å²) in [5.74, 6) is 0.639. The molecule has 0 amide bonds. The maximum Gasteiger partial charge on any atom is 0.350 e. The molecule has 0 N–H and O–H groups in total. The fourth-order valence-corrected chi connectivity index (χ4v) is 3.60. The average Bonchev–Trinajstić information content (AvgIpc) is 3.24. The van der Waals surface area contributed by atoms with Crippen LogP contribution in [0.4, 0.5) is 0 Å². The molecule has 0 aliphatic carbocycles. The van der Waals surface area contributed by atoms with Gasteiger partial charge in [0, 0.05) is 5.92 Å². The van der Waals surface area contributed by atoms with E-state index >= 15 is 0 Å². The van der Waals surface area contributed by atoms with E-state index < -0.39 is 5.97 Å². The van der Waals surface area contributed by atoms with E-state index in [2.05, 4.69) is 15.1 Å². The molecule has 8 heteroatoms. The first-order chi connectivity index (χ1) is 11.0. The molecule has 0 saturated carbocycles. The molecule has 23 heavy (non-hydrogen) atoms. The Balaban J connectivity index is 1.68. The van der Waals surface area contributed by atoms with E-state index in [1.54, 1.807) is 18.3 Å². The number of rotatable bonds is 5. The summed E-state index contributed by atoms with van der Waals surface area (Å²) in [6.07, 6.45) is 0. The highest BCUT2D eigenvalue weighted by molar-refractivity contribution is 7.22. The fourth-order valence-electron chi connectivity index (χ4n) is 1.85. The SMILES string of the molecule is Cc1nc(-c2cccs2)sc1C(=O)OCc1nc(C(C)C)no1. The lowest BCUT2D eigenvalue weighted by Gasteiger charge is -1.99. The second kappa shape index (κ2) is 6.59. The number of hydrogen-bond acceptors (Lipinski definition) is 8. The molecule has 0 aliphatic rings. The Kier molecular flexibility index (Phi) is 4.53. The lowest BCUT2D eigenvalue weighted by molar-refractivity contribution is 0.0434. The molecule has 3 rings (SSSR count). The van der Waals surface area contributed by atoms with Gasteiger partial charge in [0.05, 0.1) is 10.6 Å². The quantitative estimate of drug-likeness (QED) is 0.647. The van der Waals surface area contributed by atoms with Crippen molar-refractivity contribution in [3.8, 4) is 9.88 Å². The molecule has 0 radical (unpaired) electrons. The van der Waals surface area contributed by atoms with Crippen molar-refractivity contribution in [3.05, 3.63) is 39.8 Å². The highest BCUT2D eigenvalue weighted by Gasteiger charge is 2.19. The van der Waals surface area contributed by atoms with Crippen LogP contribution in [-0.2, 0) is 11.3 Å². The number of hydrogen-bond donors (Lipinski definition) is 0. The molecular weight excluding hydrogens is 334 g/mol. The third-order valence-corrected chi connectivity index (χ3v) is 5.22. The number of carbonyl (C=O) groups excluding carboxylic acids is 1. The minimum Gasteiger partial charge on any atom is -0.451 e. The van der Waals surface area contributed by atoms with Crippen LogP contribution < -0.4 is 0 Å². The smallest absolute Gasteiger partial charge is 0.350 e. The van der Waals surface area contributed by atoms with Gasteiger partial charge in [-0.3, -0.25) is 0 Å². The van der Waals surface area contributed by atoms with Crippen LogP contribution in [0.2, 0.25) is 0 Å². The van der Waals surface area contributed by atoms with Crippen molar-refractivity contribution >= 4 is 28.6 Å². The molecule has 0 saturated heterocycles. The number of aromatic nitrogens is 3. The van der Waals surface area contributed by atoms with Gasteiger partial charge in [-0.2, -0.15) is 4.98 Å². The van der Waals surface area contributed by atoms with Crippen molar-refractivity contribution in [1.82, 2.24) is 15.1 Å². The molecule has 3 heterocycles. The van der Waals surface area contributed by atoms with Crippen LogP contribution in [0.5, 0.6) is 0 Å². The molecule has 6 nitrogen and oxygen atoms in total. The van der Waals surface area contributed by atoms with Gasteiger partial charge in [0.25, 0.3) is 5.89 Å². The lowest BCUT2D eigenvalue weighted by Crippen LogP contribution is -2.05. The predicted molar refractivity (Wildman–Crippen MR) is 87.7 cm³/mol. The monoisotopic (exact) mass is 349 g/mol. The van der Waals surface area contributed by atoms with Crippen LogP contribution in [-0.4, -0.2) is 21.1 Å². The maximum atomic E-state index is 12.2. The molecule has 0 bridgehead atoms. The Morgan fingerprint density at radius 1 is 1.39 bits per heavy atom. The lowest BCUT2D eigenvalue weighted by atomic mass is 10.2. The number of aryl methyl sites for hydroxylation is 1. The van der Waals surface area contributed by atoms with Crippen molar-refractivity contribution in [3.63, 3.8) is 0 Å². The normalized spacial score (nSPS) is 11.1. The van der Waals surface area contributed by atoms with E-state index in [0.717, 1.165) is 9.88 Å². The Morgan fingerprint density at radius 3 is 2.87 bits per heavy atom. The van der Waals surface area contributed by atoms with Crippen LogP contribution in [0, 0.1) is 6.92 Å². The number of thiazole rings is 1. The van der Waals surface area contributed by atoms with Gasteiger partial charge in [0.1, 0.15) is 9.88 Å². The molecule has 3 aromatic rings. The summed E-state index contributed by atoms with van der Waals surface area (Å²) in [5, 5.41) is 6.64. The zero-order chi connectivity index (χ0) is 16.4. The number of ether oxygens (including phenoxy) is 1. The summed E-state index contributed by atoms with van der Waals surface area (Å²) >= 11 is 2.92. The summed E-state index contributed by atoms with van der Waals surface area (Å²) < 4.78 is 10.3. The Morgan fingerprint density at radius 2 is 2.22 bits per heavy atom. The molecule has 0 spiro atoms. The third kappa shape index (κ3) is 3.48. The molecule has 120 valence electrons. The second-order valence-electron chi connectivity index (χ2n) is 5.19. The first-order valence-electron chi connectivity index (χ1n) is 7.05. The van der Waals surface area contributed by atoms with Crippen LogP contribution in [0.25, 0.3) is 9.88 Å². The maximum absolute atomic E-state index is 12.2. The minimum absolute atomic E-state index is 0.0375. The molecule has 0 unspecified atom stereocenters. The number of esters is 1. The molecule has 3 aromatic heterocycles. The molecule has 0 aromatic carbocycles. The van der Waals surface area contributed by atoms with E-state index in [4.69, 9.17) is 9.26 Å². The Labute approximate surface area is 141 Å². The Bertz CT molecular complexity index is 806. The highest BCUT2D eigenvalue weighted by Crippen LogP contribution is 2.31. The van der Waals surface area contributed by atoms with E-state index in [9.17, 15) is 4.79 Å². The van der Waals surface area contributed by atoms with Crippen LogP contribution >= 0.6 is 22.7 Å². The topological polar surface area (TPSA) is 78.1 Å². The van der Waals surface area contributed by atoms with Gasteiger partial charge in [-0.05, 0) is 18.4 Å². The van der Waals surface area contributed by atoms with Gasteiger partial charge in [-0.25, -0.2) is 9.78 Å². The van der Waals surface area contributed by atoms with Gasteiger partial charge in [-0.1, -0.05) is 25.1 Å². The number of carbonyl (C=O) groups is 1. The molecule has 0 aliphatic heterocycles. The average molecular weight is 349 g/mol. The van der Waals surface area contributed by atoms with Crippen molar-refractivity contribution in [2.45, 2.75) is 33.3 Å². The van der Waals surface area contributed by atoms with Crippen LogP contribution in [0.1, 0.15) is 46.8 Å². The van der Waals surface area contributed by atoms with Gasteiger partial charge < -0.3 is 9.26 Å². The zero-order valence-corrected chi connectivity index (χ0v) is 14.5. The third-order valence-electron chi connectivity index (χ3n) is 3.04.